The molecule has 0 aliphatic heterocycles. The van der Waals surface area contributed by atoms with Crippen LogP contribution in [-0.2, 0) is 0 Å². The molecule has 2 atom stereocenters. The molecule has 1 heterocycles. The molecule has 2 aromatic rings. The van der Waals surface area contributed by atoms with E-state index in [9.17, 15) is 0 Å². The van der Waals surface area contributed by atoms with Crippen LogP contribution in [0.15, 0.2) is 24.3 Å². The number of benzene rings is 1. The molecule has 2 aliphatic rings. The molecule has 1 aromatic heterocycles. The van der Waals surface area contributed by atoms with Crippen molar-refractivity contribution in [3.63, 3.8) is 0 Å². The maximum Gasteiger partial charge on any atom is 0.139 e. The van der Waals surface area contributed by atoms with Gasteiger partial charge in [0.1, 0.15) is 11.6 Å². The number of hydrogen-bond acceptors (Lipinski definition) is 4. The van der Waals surface area contributed by atoms with Crippen LogP contribution in [0.25, 0.3) is 10.9 Å². The molecule has 2 aliphatic carbocycles. The standard InChI is InChI=1S/C29H46N4/c1-8-29(20-28(29)15-13-22(14-16-28)19-30-18-17-27(3,4)5)21(2)25-31-24-12-10-9-11-23(24)26(32-25)33(6)7/h9-12,21-22,30H,8,13-20H2,1-7H3. The van der Waals surface area contributed by atoms with Gasteiger partial charge in [-0.3, -0.25) is 0 Å². The number of nitrogens with zero attached hydrogens (tertiary/aromatic N) is 3. The van der Waals surface area contributed by atoms with Crippen LogP contribution in [0.5, 0.6) is 0 Å². The molecule has 0 amide bonds. The second-order valence-electron chi connectivity index (χ2n) is 12.5. The molecule has 0 radical (unpaired) electrons. The second kappa shape index (κ2) is 9.17. The lowest BCUT2D eigenvalue weighted by Crippen LogP contribution is -2.31. The number of para-hydroxylation sites is 1. The Morgan fingerprint density at radius 2 is 1.82 bits per heavy atom. The number of aromatic nitrogens is 2. The van der Waals surface area contributed by atoms with Crippen LogP contribution in [0.3, 0.4) is 0 Å². The maximum atomic E-state index is 5.12. The second-order valence-corrected chi connectivity index (χ2v) is 12.5. The molecule has 4 heteroatoms. The average molecular weight is 451 g/mol. The predicted molar refractivity (Wildman–Crippen MR) is 141 cm³/mol. The minimum Gasteiger partial charge on any atom is -0.362 e. The maximum absolute atomic E-state index is 5.12. The Morgan fingerprint density at radius 3 is 2.45 bits per heavy atom. The molecule has 2 fully saturated rings. The van der Waals surface area contributed by atoms with Crippen LogP contribution in [0, 0.1) is 22.2 Å². The van der Waals surface area contributed by atoms with Gasteiger partial charge in [-0.15, -0.1) is 0 Å². The van der Waals surface area contributed by atoms with Crippen LogP contribution in [0.2, 0.25) is 0 Å². The summed E-state index contributed by atoms with van der Waals surface area (Å²) < 4.78 is 0. The summed E-state index contributed by atoms with van der Waals surface area (Å²) in [6.45, 7) is 14.1. The van der Waals surface area contributed by atoms with Crippen molar-refractivity contribution < 1.29 is 0 Å². The molecular formula is C29H46N4. The van der Waals surface area contributed by atoms with Gasteiger partial charge >= 0.3 is 0 Å². The number of rotatable bonds is 8. The van der Waals surface area contributed by atoms with Crippen molar-refractivity contribution in [3.05, 3.63) is 30.1 Å². The fourth-order valence-electron chi connectivity index (χ4n) is 6.72. The van der Waals surface area contributed by atoms with Gasteiger partial charge in [-0.05, 0) is 92.3 Å². The number of hydrogen-bond donors (Lipinski definition) is 1. The number of anilines is 1. The van der Waals surface area contributed by atoms with Gasteiger partial charge in [0.2, 0.25) is 0 Å². The topological polar surface area (TPSA) is 41.1 Å². The van der Waals surface area contributed by atoms with E-state index in [0.717, 1.165) is 35.0 Å². The number of fused-ring (bicyclic) bond motifs is 1. The van der Waals surface area contributed by atoms with Gasteiger partial charge in [-0.25, -0.2) is 9.97 Å². The smallest absolute Gasteiger partial charge is 0.139 e. The fourth-order valence-corrected chi connectivity index (χ4v) is 6.72. The average Bonchev–Trinajstić information content (AvgIpc) is 3.43. The Morgan fingerprint density at radius 1 is 1.12 bits per heavy atom. The van der Waals surface area contributed by atoms with Gasteiger partial charge in [0.05, 0.1) is 5.52 Å². The molecular weight excluding hydrogens is 404 g/mol. The van der Waals surface area contributed by atoms with Crippen LogP contribution in [-0.4, -0.2) is 37.2 Å². The van der Waals surface area contributed by atoms with Crippen molar-refractivity contribution in [3.8, 4) is 0 Å². The Hall–Kier alpha value is -1.68. The zero-order valence-electron chi connectivity index (χ0n) is 22.2. The highest BCUT2D eigenvalue weighted by Crippen LogP contribution is 2.77. The lowest BCUT2D eigenvalue weighted by atomic mass is 9.70. The van der Waals surface area contributed by atoms with Crippen molar-refractivity contribution in [2.45, 2.75) is 85.5 Å². The van der Waals surface area contributed by atoms with Crippen LogP contribution >= 0.6 is 0 Å². The van der Waals surface area contributed by atoms with Crippen LogP contribution < -0.4 is 10.2 Å². The van der Waals surface area contributed by atoms with E-state index in [1.165, 1.54) is 51.5 Å². The van der Waals surface area contributed by atoms with Gasteiger partial charge < -0.3 is 10.2 Å². The van der Waals surface area contributed by atoms with E-state index in [1.807, 2.05) is 0 Å². The molecule has 0 bridgehead atoms. The van der Waals surface area contributed by atoms with E-state index in [2.05, 4.69) is 83.2 Å². The predicted octanol–water partition coefficient (Wildman–Crippen LogP) is 6.80. The highest BCUT2D eigenvalue weighted by atomic mass is 15.2. The Balaban J connectivity index is 1.45. The van der Waals surface area contributed by atoms with E-state index < -0.39 is 0 Å². The quantitative estimate of drug-likeness (QED) is 0.449. The zero-order chi connectivity index (χ0) is 23.9. The first kappa shape index (κ1) is 24.4. The van der Waals surface area contributed by atoms with Crippen molar-refractivity contribution in [2.24, 2.45) is 22.2 Å². The van der Waals surface area contributed by atoms with E-state index in [4.69, 9.17) is 9.97 Å². The minimum absolute atomic E-state index is 0.365. The van der Waals surface area contributed by atoms with E-state index in [-0.39, 0.29) is 0 Å². The first-order valence-electron chi connectivity index (χ1n) is 13.3. The molecule has 33 heavy (non-hydrogen) atoms. The molecule has 4 rings (SSSR count). The summed E-state index contributed by atoms with van der Waals surface area (Å²) in [4.78, 5) is 12.3. The Bertz CT molecular complexity index is 952. The SMILES string of the molecule is CCC1(C(C)c2nc(N(C)C)c3ccccc3n2)CC12CCC(CNCCC(C)(C)C)CC2. The molecule has 0 saturated heterocycles. The first-order valence-corrected chi connectivity index (χ1v) is 13.3. The summed E-state index contributed by atoms with van der Waals surface area (Å²) in [5, 5.41) is 4.90. The molecule has 1 aromatic carbocycles. The molecule has 1 N–H and O–H groups in total. The summed E-state index contributed by atoms with van der Waals surface area (Å²) in [7, 11) is 4.18. The summed E-state index contributed by atoms with van der Waals surface area (Å²) >= 11 is 0. The van der Waals surface area contributed by atoms with E-state index >= 15 is 0 Å². The number of nitrogens with one attached hydrogen (secondary N) is 1. The first-order chi connectivity index (χ1) is 15.6. The molecule has 4 nitrogen and oxygen atoms in total. The third-order valence-corrected chi connectivity index (χ3v) is 9.00. The summed E-state index contributed by atoms with van der Waals surface area (Å²) in [5.41, 5.74) is 2.37. The summed E-state index contributed by atoms with van der Waals surface area (Å²) in [6.07, 6.45) is 9.35. The van der Waals surface area contributed by atoms with Crippen molar-refractivity contribution in [1.82, 2.24) is 15.3 Å². The minimum atomic E-state index is 0.365. The lowest BCUT2D eigenvalue weighted by Gasteiger charge is -2.36. The monoisotopic (exact) mass is 450 g/mol. The van der Waals surface area contributed by atoms with Crippen LogP contribution in [0.1, 0.15) is 91.3 Å². The van der Waals surface area contributed by atoms with E-state index in [0.29, 0.717) is 22.2 Å². The highest BCUT2D eigenvalue weighted by Gasteiger charge is 2.68. The van der Waals surface area contributed by atoms with Gasteiger partial charge in [0, 0.05) is 25.4 Å². The molecule has 182 valence electrons. The van der Waals surface area contributed by atoms with Gasteiger partial charge in [-0.1, -0.05) is 46.8 Å². The molecule has 2 saturated carbocycles. The van der Waals surface area contributed by atoms with Gasteiger partial charge in [-0.2, -0.15) is 0 Å². The summed E-state index contributed by atoms with van der Waals surface area (Å²) in [6, 6.07) is 8.46. The normalized spacial score (nSPS) is 28.3. The Kier molecular flexibility index (Phi) is 6.79. The van der Waals surface area contributed by atoms with Crippen LogP contribution in [0.4, 0.5) is 5.82 Å². The Labute approximate surface area is 202 Å². The molecule has 2 unspecified atom stereocenters. The third-order valence-electron chi connectivity index (χ3n) is 9.00. The molecule has 1 spiro atoms. The fraction of sp³-hybridized carbons (Fsp3) is 0.724. The van der Waals surface area contributed by atoms with Crippen molar-refractivity contribution >= 4 is 16.7 Å². The summed E-state index contributed by atoms with van der Waals surface area (Å²) in [5.74, 6) is 3.33. The van der Waals surface area contributed by atoms with Crippen molar-refractivity contribution in [1.29, 1.82) is 0 Å². The van der Waals surface area contributed by atoms with Gasteiger partial charge in [0.25, 0.3) is 0 Å². The van der Waals surface area contributed by atoms with E-state index in [1.54, 1.807) is 0 Å². The lowest BCUT2D eigenvalue weighted by molar-refractivity contribution is 0.174. The highest BCUT2D eigenvalue weighted by molar-refractivity contribution is 5.89. The zero-order valence-corrected chi connectivity index (χ0v) is 22.2. The van der Waals surface area contributed by atoms with Gasteiger partial charge in [0.15, 0.2) is 0 Å². The van der Waals surface area contributed by atoms with Crippen molar-refractivity contribution in [2.75, 3.05) is 32.1 Å². The largest absolute Gasteiger partial charge is 0.362 e. The third kappa shape index (κ3) is 4.78.